The van der Waals surface area contributed by atoms with E-state index in [1.165, 1.54) is 0 Å². The highest BCUT2D eigenvalue weighted by atomic mass is 32.2. The standard InChI is InChI=1S/C15H25NO2S/c1-4-10-16-14(12-19(17)11-5-2)13-8-6-7-9-15(13)18-3/h6-9,14,16H,4-5,10-12H2,1-3H3. The van der Waals surface area contributed by atoms with E-state index >= 15 is 0 Å². The molecule has 0 bridgehead atoms. The molecule has 0 saturated carbocycles. The summed E-state index contributed by atoms with van der Waals surface area (Å²) in [5, 5.41) is 3.48. The molecule has 108 valence electrons. The van der Waals surface area contributed by atoms with Gasteiger partial charge in [0.2, 0.25) is 0 Å². The third-order valence-corrected chi connectivity index (χ3v) is 4.51. The average Bonchev–Trinajstić information content (AvgIpc) is 2.43. The lowest BCUT2D eigenvalue weighted by Gasteiger charge is -2.20. The van der Waals surface area contributed by atoms with Gasteiger partial charge in [0.05, 0.1) is 7.11 Å². The number of para-hydroxylation sites is 1. The molecular weight excluding hydrogens is 258 g/mol. The number of rotatable bonds is 9. The fourth-order valence-electron chi connectivity index (χ4n) is 2.03. The highest BCUT2D eigenvalue weighted by molar-refractivity contribution is 7.85. The minimum absolute atomic E-state index is 0.100. The SMILES string of the molecule is CCCNC(CS(=O)CCC)c1ccccc1OC. The summed E-state index contributed by atoms with van der Waals surface area (Å²) < 4.78 is 17.4. The number of ether oxygens (including phenoxy) is 1. The first-order valence-electron chi connectivity index (χ1n) is 6.94. The van der Waals surface area contributed by atoms with E-state index in [1.807, 2.05) is 18.2 Å². The third kappa shape index (κ3) is 5.33. The van der Waals surface area contributed by atoms with Crippen LogP contribution >= 0.6 is 0 Å². The molecule has 0 aliphatic carbocycles. The van der Waals surface area contributed by atoms with Gasteiger partial charge in [0, 0.05) is 33.9 Å². The zero-order valence-electron chi connectivity index (χ0n) is 12.1. The average molecular weight is 283 g/mol. The summed E-state index contributed by atoms with van der Waals surface area (Å²) in [5.74, 6) is 2.28. The fourth-order valence-corrected chi connectivity index (χ4v) is 3.32. The normalized spacial score (nSPS) is 14.1. The lowest BCUT2D eigenvalue weighted by molar-refractivity contribution is 0.402. The van der Waals surface area contributed by atoms with E-state index in [2.05, 4.69) is 25.2 Å². The van der Waals surface area contributed by atoms with Crippen molar-refractivity contribution in [1.29, 1.82) is 0 Å². The molecular formula is C15H25NO2S. The third-order valence-electron chi connectivity index (χ3n) is 2.94. The minimum atomic E-state index is -0.782. The maximum absolute atomic E-state index is 12.0. The summed E-state index contributed by atoms with van der Waals surface area (Å²) in [7, 11) is 0.897. The first kappa shape index (κ1) is 16.2. The molecule has 0 aliphatic heterocycles. The van der Waals surface area contributed by atoms with Crippen molar-refractivity contribution in [2.75, 3.05) is 25.2 Å². The molecule has 1 aromatic carbocycles. The van der Waals surface area contributed by atoms with Gasteiger partial charge in [0.1, 0.15) is 5.75 Å². The van der Waals surface area contributed by atoms with Crippen LogP contribution < -0.4 is 10.1 Å². The second-order valence-corrected chi connectivity index (χ2v) is 6.18. The molecule has 1 rings (SSSR count). The van der Waals surface area contributed by atoms with Crippen molar-refractivity contribution in [3.8, 4) is 5.75 Å². The number of nitrogens with one attached hydrogen (secondary N) is 1. The topological polar surface area (TPSA) is 38.3 Å². The van der Waals surface area contributed by atoms with Crippen molar-refractivity contribution in [3.05, 3.63) is 29.8 Å². The van der Waals surface area contributed by atoms with Gasteiger partial charge in [-0.1, -0.05) is 32.0 Å². The molecule has 2 unspecified atom stereocenters. The highest BCUT2D eigenvalue weighted by Crippen LogP contribution is 2.25. The van der Waals surface area contributed by atoms with Crippen LogP contribution in [0.1, 0.15) is 38.3 Å². The Bertz CT molecular complexity index is 395. The van der Waals surface area contributed by atoms with Crippen LogP contribution in [0.5, 0.6) is 5.75 Å². The van der Waals surface area contributed by atoms with E-state index in [1.54, 1.807) is 7.11 Å². The summed E-state index contributed by atoms with van der Waals surface area (Å²) in [6, 6.07) is 8.07. The predicted octanol–water partition coefficient (Wildman–Crippen LogP) is 2.89. The molecule has 0 fully saturated rings. The Balaban J connectivity index is 2.85. The fraction of sp³-hybridized carbons (Fsp3) is 0.600. The summed E-state index contributed by atoms with van der Waals surface area (Å²) in [6.45, 7) is 5.12. The molecule has 19 heavy (non-hydrogen) atoms. The summed E-state index contributed by atoms with van der Waals surface area (Å²) in [5.41, 5.74) is 1.10. The minimum Gasteiger partial charge on any atom is -0.496 e. The molecule has 3 nitrogen and oxygen atoms in total. The van der Waals surface area contributed by atoms with Crippen molar-refractivity contribution in [1.82, 2.24) is 5.32 Å². The van der Waals surface area contributed by atoms with Gasteiger partial charge in [-0.15, -0.1) is 0 Å². The lowest BCUT2D eigenvalue weighted by atomic mass is 10.1. The second kappa shape index (κ2) is 9.10. The Hall–Kier alpha value is -0.870. The van der Waals surface area contributed by atoms with Gasteiger partial charge in [0.15, 0.2) is 0 Å². The Morgan fingerprint density at radius 1 is 1.26 bits per heavy atom. The highest BCUT2D eigenvalue weighted by Gasteiger charge is 2.17. The van der Waals surface area contributed by atoms with Crippen molar-refractivity contribution < 1.29 is 8.95 Å². The Kier molecular flexibility index (Phi) is 7.75. The van der Waals surface area contributed by atoms with E-state index in [0.29, 0.717) is 5.75 Å². The van der Waals surface area contributed by atoms with Crippen molar-refractivity contribution in [2.45, 2.75) is 32.7 Å². The monoisotopic (exact) mass is 283 g/mol. The van der Waals surface area contributed by atoms with Crippen molar-refractivity contribution in [2.24, 2.45) is 0 Å². The van der Waals surface area contributed by atoms with Gasteiger partial charge in [-0.25, -0.2) is 0 Å². The van der Waals surface area contributed by atoms with Crippen LogP contribution in [0.15, 0.2) is 24.3 Å². The van der Waals surface area contributed by atoms with E-state index < -0.39 is 10.8 Å². The van der Waals surface area contributed by atoms with Crippen molar-refractivity contribution >= 4 is 10.8 Å². The van der Waals surface area contributed by atoms with Gasteiger partial charge < -0.3 is 10.1 Å². The van der Waals surface area contributed by atoms with Crippen LogP contribution in [0, 0.1) is 0 Å². The second-order valence-electron chi connectivity index (χ2n) is 4.56. The van der Waals surface area contributed by atoms with E-state index in [-0.39, 0.29) is 6.04 Å². The Morgan fingerprint density at radius 3 is 2.63 bits per heavy atom. The number of methoxy groups -OCH3 is 1. The smallest absolute Gasteiger partial charge is 0.123 e. The molecule has 2 atom stereocenters. The number of benzene rings is 1. The molecule has 0 saturated heterocycles. The maximum atomic E-state index is 12.0. The van der Waals surface area contributed by atoms with E-state index in [4.69, 9.17) is 4.74 Å². The van der Waals surface area contributed by atoms with E-state index in [0.717, 1.165) is 36.5 Å². The zero-order valence-corrected chi connectivity index (χ0v) is 13.0. The molecule has 0 heterocycles. The molecule has 0 spiro atoms. The Labute approximate surface area is 119 Å². The molecule has 0 aromatic heterocycles. The van der Waals surface area contributed by atoms with Crippen LogP contribution in [-0.2, 0) is 10.8 Å². The predicted molar refractivity (Wildman–Crippen MR) is 82.2 cm³/mol. The Morgan fingerprint density at radius 2 is 2.00 bits per heavy atom. The maximum Gasteiger partial charge on any atom is 0.123 e. The molecule has 4 heteroatoms. The van der Waals surface area contributed by atoms with Crippen LogP contribution in [0.2, 0.25) is 0 Å². The lowest BCUT2D eigenvalue weighted by Crippen LogP contribution is -2.28. The van der Waals surface area contributed by atoms with Gasteiger partial charge in [-0.05, 0) is 25.5 Å². The van der Waals surface area contributed by atoms with Crippen LogP contribution in [0.4, 0.5) is 0 Å². The van der Waals surface area contributed by atoms with Gasteiger partial charge in [0.25, 0.3) is 0 Å². The van der Waals surface area contributed by atoms with Crippen molar-refractivity contribution in [3.63, 3.8) is 0 Å². The van der Waals surface area contributed by atoms with Gasteiger partial charge >= 0.3 is 0 Å². The first-order chi connectivity index (χ1) is 9.22. The summed E-state index contributed by atoms with van der Waals surface area (Å²) in [4.78, 5) is 0. The largest absolute Gasteiger partial charge is 0.496 e. The number of hydrogen-bond donors (Lipinski definition) is 1. The summed E-state index contributed by atoms with van der Waals surface area (Å²) >= 11 is 0. The molecule has 0 amide bonds. The molecule has 1 N–H and O–H groups in total. The quantitative estimate of drug-likeness (QED) is 0.757. The van der Waals surface area contributed by atoms with Crippen LogP contribution in [0.3, 0.4) is 0 Å². The molecule has 1 aromatic rings. The first-order valence-corrected chi connectivity index (χ1v) is 8.43. The van der Waals surface area contributed by atoms with Crippen LogP contribution in [-0.4, -0.2) is 29.4 Å². The van der Waals surface area contributed by atoms with Gasteiger partial charge in [-0.2, -0.15) is 0 Å². The van der Waals surface area contributed by atoms with Gasteiger partial charge in [-0.3, -0.25) is 4.21 Å². The number of hydrogen-bond acceptors (Lipinski definition) is 3. The molecule has 0 aliphatic rings. The van der Waals surface area contributed by atoms with Crippen LogP contribution in [0.25, 0.3) is 0 Å². The molecule has 0 radical (unpaired) electrons. The zero-order chi connectivity index (χ0) is 14.1. The van der Waals surface area contributed by atoms with E-state index in [9.17, 15) is 4.21 Å². The summed E-state index contributed by atoms with van der Waals surface area (Å²) in [6.07, 6.45) is 2.02.